The molecule has 4 aromatic heterocycles. The number of ketones is 2. The number of aromatic nitrogens is 4. The van der Waals surface area contributed by atoms with Gasteiger partial charge in [-0.3, -0.25) is 47.8 Å². The average molecular weight is 1820 g/mol. The maximum Gasteiger partial charge on any atom is 0.306 e. The maximum absolute atomic E-state index is 15.2. The number of ether oxygens (including phenoxy) is 8. The number of Topliss-reactive ketones (excluding diaryl/α,β-unsaturated/α-hetero) is 2. The van der Waals surface area contributed by atoms with Crippen LogP contribution in [0.2, 0.25) is 0 Å². The largest absolute Gasteiger partial charge is 0.497 e. The van der Waals surface area contributed by atoms with Gasteiger partial charge in [0.15, 0.2) is 11.6 Å². The van der Waals surface area contributed by atoms with Crippen LogP contribution in [-0.2, 0) is 67.9 Å². The van der Waals surface area contributed by atoms with E-state index in [2.05, 4.69) is 33.3 Å². The average Bonchev–Trinajstić information content (AvgIpc) is 1.57. The fraction of sp³-hybridized carbons (Fsp3) is 0.600. The van der Waals surface area contributed by atoms with Gasteiger partial charge in [-0.15, -0.1) is 0 Å². The lowest BCUT2D eigenvalue weighted by molar-refractivity contribution is -0.155. The summed E-state index contributed by atoms with van der Waals surface area (Å²) in [5.41, 5.74) is 0.0333. The molecule has 28 nitrogen and oxygen atoms in total. The van der Waals surface area contributed by atoms with Crippen molar-refractivity contribution in [1.29, 1.82) is 0 Å². The lowest BCUT2D eigenvalue weighted by Gasteiger charge is -2.32. The summed E-state index contributed by atoms with van der Waals surface area (Å²) in [5, 5.41) is 1.73. The molecule has 4 aliphatic heterocycles. The van der Waals surface area contributed by atoms with Crippen LogP contribution in [0.15, 0.2) is 109 Å². The first kappa shape index (κ1) is 91.8. The van der Waals surface area contributed by atoms with Crippen molar-refractivity contribution in [2.24, 2.45) is 81.8 Å². The van der Waals surface area contributed by atoms with Gasteiger partial charge in [-0.05, 0) is 274 Å². The Balaban J connectivity index is 0.000000182. The molecule has 696 valence electrons. The monoisotopic (exact) mass is 1820 g/mol. The number of hydrogen-bond donors (Lipinski definition) is 2. The molecular weight excluding hydrogens is 1700 g/mol. The molecule has 10 fully saturated rings. The summed E-state index contributed by atoms with van der Waals surface area (Å²) in [5.74, 6) is -0.449. The number of amides is 4. The van der Waals surface area contributed by atoms with Gasteiger partial charge in [0.25, 0.3) is 0 Å². The van der Waals surface area contributed by atoms with Gasteiger partial charge in [-0.2, -0.15) is 0 Å². The minimum atomic E-state index is -3.88. The lowest BCUT2D eigenvalue weighted by Crippen LogP contribution is -2.47. The van der Waals surface area contributed by atoms with Crippen molar-refractivity contribution in [3.63, 3.8) is 0 Å². The smallest absolute Gasteiger partial charge is 0.306 e. The predicted molar refractivity (Wildman–Crippen MR) is 484 cm³/mol. The number of nitrogens with zero attached hydrogens (tertiary/aromatic N) is 6. The molecule has 4 amide bonds. The van der Waals surface area contributed by atoms with E-state index < -0.39 is 101 Å². The number of carbonyl (C=O) groups excluding carboxylic acids is 8. The quantitative estimate of drug-likeness (QED) is 0.0420. The molecule has 8 heterocycles. The van der Waals surface area contributed by atoms with Gasteiger partial charge < -0.3 is 47.7 Å². The Morgan fingerprint density at radius 2 is 0.877 bits per heavy atom. The first-order chi connectivity index (χ1) is 62.2. The molecule has 130 heavy (non-hydrogen) atoms. The number of esters is 2. The first-order valence-corrected chi connectivity index (χ1v) is 50.3. The van der Waals surface area contributed by atoms with E-state index in [1.165, 1.54) is 12.8 Å². The number of fused-ring (bicyclic) bond motifs is 8. The molecule has 12 aliphatic rings. The second-order valence-corrected chi connectivity index (χ2v) is 44.3. The number of pyridine rings is 4. The highest BCUT2D eigenvalue weighted by Crippen LogP contribution is 2.60. The van der Waals surface area contributed by atoms with Crippen molar-refractivity contribution in [1.82, 2.24) is 39.2 Å². The molecular formula is C100H124N8O20S2. The zero-order valence-electron chi connectivity index (χ0n) is 76.1. The highest BCUT2D eigenvalue weighted by molar-refractivity contribution is 7.91. The summed E-state index contributed by atoms with van der Waals surface area (Å²) in [6, 6.07) is 20.3. The summed E-state index contributed by atoms with van der Waals surface area (Å²) in [6.07, 6.45) is 21.9. The fourth-order valence-corrected chi connectivity index (χ4v) is 24.2. The molecule has 4 unspecified atom stereocenters. The molecule has 8 aliphatic carbocycles. The van der Waals surface area contributed by atoms with Gasteiger partial charge in [0.2, 0.25) is 67.2 Å². The summed E-state index contributed by atoms with van der Waals surface area (Å²) in [6.45, 7) is 16.1. The summed E-state index contributed by atoms with van der Waals surface area (Å²) in [4.78, 5) is 138. The summed E-state index contributed by atoms with van der Waals surface area (Å²) >= 11 is 0. The van der Waals surface area contributed by atoms with Gasteiger partial charge in [0, 0.05) is 72.1 Å². The van der Waals surface area contributed by atoms with Crippen molar-refractivity contribution >= 4 is 88.7 Å². The van der Waals surface area contributed by atoms with Crippen molar-refractivity contribution in [2.75, 3.05) is 27.3 Å². The van der Waals surface area contributed by atoms with E-state index in [4.69, 9.17) is 47.9 Å². The third-order valence-electron chi connectivity index (χ3n) is 29.4. The highest BCUT2D eigenvalue weighted by Gasteiger charge is 2.64. The molecule has 0 radical (unpaired) electrons. The molecule has 2 saturated heterocycles. The second kappa shape index (κ2) is 37.5. The number of rotatable bonds is 24. The van der Waals surface area contributed by atoms with Crippen molar-refractivity contribution in [2.45, 2.75) is 269 Å². The third-order valence-corrected chi connectivity index (χ3v) is 33.1. The normalized spacial score (nSPS) is 31.8. The molecule has 30 heteroatoms. The Bertz CT molecular complexity index is 5270. The number of benzene rings is 2. The van der Waals surface area contributed by atoms with E-state index in [9.17, 15) is 45.6 Å². The molecule has 2 aromatic carbocycles. The lowest BCUT2D eigenvalue weighted by atomic mass is 9.82. The van der Waals surface area contributed by atoms with Gasteiger partial charge in [0.05, 0.1) is 109 Å². The van der Waals surface area contributed by atoms with Crippen LogP contribution in [0, 0.1) is 81.8 Å². The molecule has 20 atom stereocenters. The Kier molecular flexibility index (Phi) is 26.5. The molecule has 0 spiro atoms. The SMILES string of the molecule is COc1ccc2c(OC3C[C@H]4C(=O)C[C@]5(C(=O)NS(=O)(=O)C6CC6)C[C@H]5/C=C\CC[C@@H](C)C[C@@H](C)[C@H](CC(=O)OC5C[C@@H]6C[C@@H]6C5)C(=O)N4C3)nc(-c3ccc(OC(C)C)nc3)cc2c1.COc1ccc2c(OC3C[C@H]4C(=O)C[C@]5(C(=O)NS(=O)(=O)C6CC6)C[C@H]5/C=C\CC[C@H](C)C[C@@H](C)[C@H](CC(=O)OC5C[C@@H]6C[C@@H]6C5)C(=O)N4C3)nc(-c3ccc(OC(C)C)nc3)cc2c1. The van der Waals surface area contributed by atoms with Gasteiger partial charge >= 0.3 is 11.9 Å². The number of sulfonamides is 2. The van der Waals surface area contributed by atoms with Crippen LogP contribution in [0.5, 0.6) is 35.0 Å². The number of methoxy groups -OCH3 is 2. The van der Waals surface area contributed by atoms with Gasteiger partial charge in [-0.1, -0.05) is 52.0 Å². The predicted octanol–water partition coefficient (Wildman–Crippen LogP) is 14.8. The molecule has 6 aromatic rings. The molecule has 18 rings (SSSR count). The van der Waals surface area contributed by atoms with E-state index in [1.54, 1.807) is 48.5 Å². The number of hydrogen-bond acceptors (Lipinski definition) is 24. The molecule has 0 bridgehead atoms. The minimum Gasteiger partial charge on any atom is -0.497 e. The zero-order valence-corrected chi connectivity index (χ0v) is 77.8. The Morgan fingerprint density at radius 3 is 1.23 bits per heavy atom. The fourth-order valence-electron chi connectivity index (χ4n) is 21.4. The van der Waals surface area contributed by atoms with E-state index >= 15 is 9.59 Å². The van der Waals surface area contributed by atoms with Crippen molar-refractivity contribution in [3.05, 3.63) is 109 Å². The maximum atomic E-state index is 15.2. The highest BCUT2D eigenvalue weighted by atomic mass is 32.2. The van der Waals surface area contributed by atoms with Crippen LogP contribution in [0.25, 0.3) is 44.1 Å². The van der Waals surface area contributed by atoms with Crippen molar-refractivity contribution in [3.8, 4) is 57.5 Å². The first-order valence-electron chi connectivity index (χ1n) is 47.3. The van der Waals surface area contributed by atoms with Crippen LogP contribution in [0.4, 0.5) is 0 Å². The Labute approximate surface area is 761 Å². The van der Waals surface area contributed by atoms with E-state index in [0.29, 0.717) is 143 Å². The zero-order chi connectivity index (χ0) is 91.6. The van der Waals surface area contributed by atoms with Crippen LogP contribution in [0.3, 0.4) is 0 Å². The number of allylic oxidation sites excluding steroid dienone is 4. The summed E-state index contributed by atoms with van der Waals surface area (Å²) < 4.78 is 105. The molecule has 2 N–H and O–H groups in total. The van der Waals surface area contributed by atoms with Crippen LogP contribution < -0.4 is 37.9 Å². The number of nitrogens with one attached hydrogen (secondary N) is 2. The minimum absolute atomic E-state index is 0.0278. The van der Waals surface area contributed by atoms with Crippen LogP contribution in [0.1, 0.15) is 209 Å². The number of carbonyl (C=O) groups is 8. The topological polar surface area (TPSA) is 361 Å². The second-order valence-electron chi connectivity index (χ2n) is 40.4. The molecule has 8 saturated carbocycles. The van der Waals surface area contributed by atoms with Gasteiger partial charge in [0.1, 0.15) is 35.9 Å². The third kappa shape index (κ3) is 20.9. The van der Waals surface area contributed by atoms with E-state index in [1.807, 2.05) is 127 Å². The van der Waals surface area contributed by atoms with Crippen LogP contribution >= 0.6 is 0 Å². The summed E-state index contributed by atoms with van der Waals surface area (Å²) in [7, 11) is -4.58. The van der Waals surface area contributed by atoms with Crippen molar-refractivity contribution < 1.29 is 93.1 Å². The standard InChI is InChI=1S/2C50H62N4O10S/c2*1-28(2)62-45-15-10-31(26-51-45)42-21-34-20-36(61-5)11-14-40(34)47(52-42)64-38-22-43-44(55)25-50(49(58)53-65(59,60)39-12-13-39)24-35(50)9-7-6-8-29(3)16-30(4)41(48(57)54(43)27-38)23-46(56)63-37-18-32-17-33(32)19-37/h2*7,9-11,14-15,20-21,26,28-30,32-33,35,37-39,41,43H,6,8,12-13,16-19,22-25,27H2,1-5H3,(H,53,58)/b2*9-7-/t29-,30+,32-,33+,35+,37?,38?,41-,43-,50+;29-,30-,32-,33+,35-,37?,38?,41+,43+,50-/m01/s1. The Hall–Kier alpha value is -10.1. The van der Waals surface area contributed by atoms with Gasteiger partial charge in [-0.25, -0.2) is 36.8 Å². The van der Waals surface area contributed by atoms with Crippen LogP contribution in [-0.4, -0.2) is 180 Å². The van der Waals surface area contributed by atoms with E-state index in [-0.39, 0.29) is 135 Å². The Morgan fingerprint density at radius 1 is 0.485 bits per heavy atom. The van der Waals surface area contributed by atoms with E-state index in [0.717, 1.165) is 62.1 Å².